The highest BCUT2D eigenvalue weighted by Crippen LogP contribution is 2.29. The molecule has 0 spiro atoms. The number of carbonyl (C=O) groups is 2. The molecule has 2 amide bonds. The number of rotatable bonds is 4. The number of piperidine rings is 2. The van der Waals surface area contributed by atoms with E-state index in [4.69, 9.17) is 11.6 Å². The van der Waals surface area contributed by atoms with Crippen molar-refractivity contribution < 1.29 is 9.59 Å². The van der Waals surface area contributed by atoms with Crippen molar-refractivity contribution >= 4 is 29.2 Å². The Morgan fingerprint density at radius 2 is 2.24 bits per heavy atom. The van der Waals surface area contributed by atoms with E-state index in [2.05, 4.69) is 20.5 Å². The van der Waals surface area contributed by atoms with Crippen LogP contribution in [0.2, 0.25) is 5.02 Å². The minimum atomic E-state index is -0.210. The third-order valence-electron chi connectivity index (χ3n) is 5.37. The molecule has 1 aromatic heterocycles. The van der Waals surface area contributed by atoms with E-state index in [0.717, 1.165) is 32.5 Å². The molecular formula is C18H25ClN4O2. The van der Waals surface area contributed by atoms with Gasteiger partial charge >= 0.3 is 0 Å². The van der Waals surface area contributed by atoms with Gasteiger partial charge in [0.2, 0.25) is 11.8 Å². The minimum Gasteiger partial charge on any atom is -0.356 e. The minimum absolute atomic E-state index is 0.0487. The second-order valence-electron chi connectivity index (χ2n) is 7.03. The first kappa shape index (κ1) is 18.1. The van der Waals surface area contributed by atoms with Crippen molar-refractivity contribution in [1.29, 1.82) is 0 Å². The SMILES string of the molecule is C[C@@H](C(=O)Nc1ccc(Cl)cn1)N1CCC[C@@H]([C@@H]2CCC(=O)NC2)C1. The van der Waals surface area contributed by atoms with Crippen LogP contribution in [0.4, 0.5) is 5.82 Å². The second kappa shape index (κ2) is 8.15. The zero-order valence-corrected chi connectivity index (χ0v) is 15.3. The Morgan fingerprint density at radius 3 is 2.92 bits per heavy atom. The molecule has 136 valence electrons. The summed E-state index contributed by atoms with van der Waals surface area (Å²) in [5, 5.41) is 6.38. The zero-order chi connectivity index (χ0) is 17.8. The molecule has 2 fully saturated rings. The van der Waals surface area contributed by atoms with Gasteiger partial charge in [-0.05, 0) is 56.7 Å². The van der Waals surface area contributed by atoms with Crippen molar-refractivity contribution in [3.8, 4) is 0 Å². The highest BCUT2D eigenvalue weighted by atomic mass is 35.5. The summed E-state index contributed by atoms with van der Waals surface area (Å²) in [7, 11) is 0. The first-order valence-electron chi connectivity index (χ1n) is 8.96. The Balaban J connectivity index is 1.55. The number of anilines is 1. The number of amides is 2. The second-order valence-corrected chi connectivity index (χ2v) is 7.46. The van der Waals surface area contributed by atoms with Crippen LogP contribution < -0.4 is 10.6 Å². The van der Waals surface area contributed by atoms with E-state index in [1.165, 1.54) is 12.6 Å². The van der Waals surface area contributed by atoms with E-state index in [1.807, 2.05) is 6.92 Å². The fraction of sp³-hybridized carbons (Fsp3) is 0.611. The number of hydrogen-bond donors (Lipinski definition) is 2. The summed E-state index contributed by atoms with van der Waals surface area (Å²) < 4.78 is 0. The van der Waals surface area contributed by atoms with Crippen LogP contribution in [0.1, 0.15) is 32.6 Å². The molecule has 0 saturated carbocycles. The van der Waals surface area contributed by atoms with E-state index in [1.54, 1.807) is 12.1 Å². The molecule has 0 unspecified atom stereocenters. The van der Waals surface area contributed by atoms with Crippen LogP contribution in [-0.4, -0.2) is 47.4 Å². The third kappa shape index (κ3) is 4.70. The molecule has 3 rings (SSSR count). The number of pyridine rings is 1. The van der Waals surface area contributed by atoms with Gasteiger partial charge in [-0.2, -0.15) is 0 Å². The molecular weight excluding hydrogens is 340 g/mol. The lowest BCUT2D eigenvalue weighted by atomic mass is 9.80. The fourth-order valence-electron chi connectivity index (χ4n) is 3.78. The standard InChI is InChI=1S/C18H25ClN4O2/c1-12(18(25)22-16-6-5-15(19)10-20-16)23-8-2-3-14(11-23)13-4-7-17(24)21-9-13/h5-6,10,12-14H,2-4,7-9,11H2,1H3,(H,21,24)(H,20,22,25)/t12-,13+,14+/m0/s1. The normalized spacial score (nSPS) is 25.9. The smallest absolute Gasteiger partial charge is 0.242 e. The van der Waals surface area contributed by atoms with Gasteiger partial charge in [-0.15, -0.1) is 0 Å². The highest BCUT2D eigenvalue weighted by Gasteiger charge is 2.33. The van der Waals surface area contributed by atoms with E-state index in [-0.39, 0.29) is 17.9 Å². The predicted molar refractivity (Wildman–Crippen MR) is 97.4 cm³/mol. The molecule has 2 aliphatic rings. The summed E-state index contributed by atoms with van der Waals surface area (Å²) in [5.41, 5.74) is 0. The van der Waals surface area contributed by atoms with Crippen LogP contribution in [0.15, 0.2) is 18.3 Å². The molecule has 0 bridgehead atoms. The van der Waals surface area contributed by atoms with Crippen LogP contribution in [0.5, 0.6) is 0 Å². The molecule has 0 aliphatic carbocycles. The summed E-state index contributed by atoms with van der Waals surface area (Å²) in [6, 6.07) is 3.21. The Morgan fingerprint density at radius 1 is 1.40 bits per heavy atom. The largest absolute Gasteiger partial charge is 0.356 e. The first-order valence-corrected chi connectivity index (χ1v) is 9.34. The van der Waals surface area contributed by atoms with Crippen LogP contribution >= 0.6 is 11.6 Å². The lowest BCUT2D eigenvalue weighted by Crippen LogP contribution is -2.50. The van der Waals surface area contributed by atoms with Gasteiger partial charge in [0.15, 0.2) is 0 Å². The number of aromatic nitrogens is 1. The van der Waals surface area contributed by atoms with Crippen molar-refractivity contribution in [2.45, 2.75) is 38.6 Å². The van der Waals surface area contributed by atoms with Gasteiger partial charge in [0, 0.05) is 25.7 Å². The number of halogens is 1. The van der Waals surface area contributed by atoms with E-state index >= 15 is 0 Å². The molecule has 6 nitrogen and oxygen atoms in total. The van der Waals surface area contributed by atoms with Crippen molar-refractivity contribution in [2.24, 2.45) is 11.8 Å². The molecule has 2 N–H and O–H groups in total. The zero-order valence-electron chi connectivity index (χ0n) is 14.5. The van der Waals surface area contributed by atoms with Gasteiger partial charge in [-0.25, -0.2) is 4.98 Å². The van der Waals surface area contributed by atoms with Crippen LogP contribution in [-0.2, 0) is 9.59 Å². The van der Waals surface area contributed by atoms with Gasteiger partial charge in [0.05, 0.1) is 11.1 Å². The summed E-state index contributed by atoms with van der Waals surface area (Å²) in [6.07, 6.45) is 5.37. The Hall–Kier alpha value is -1.66. The number of likely N-dealkylation sites (tertiary alicyclic amines) is 1. The van der Waals surface area contributed by atoms with Gasteiger partial charge in [0.1, 0.15) is 5.82 Å². The number of hydrogen-bond acceptors (Lipinski definition) is 4. The molecule has 3 atom stereocenters. The monoisotopic (exact) mass is 364 g/mol. The highest BCUT2D eigenvalue weighted by molar-refractivity contribution is 6.30. The number of nitrogens with zero attached hydrogens (tertiary/aromatic N) is 2. The molecule has 0 radical (unpaired) electrons. The lowest BCUT2D eigenvalue weighted by Gasteiger charge is -2.40. The van der Waals surface area contributed by atoms with Crippen molar-refractivity contribution in [3.05, 3.63) is 23.4 Å². The molecule has 2 aliphatic heterocycles. The Labute approximate surface area is 153 Å². The molecule has 7 heteroatoms. The lowest BCUT2D eigenvalue weighted by molar-refractivity contribution is -0.123. The van der Waals surface area contributed by atoms with Crippen molar-refractivity contribution in [1.82, 2.24) is 15.2 Å². The number of nitrogens with one attached hydrogen (secondary N) is 2. The summed E-state index contributed by atoms with van der Waals surface area (Å²) in [6.45, 7) is 4.55. The molecule has 0 aromatic carbocycles. The maximum Gasteiger partial charge on any atom is 0.242 e. The van der Waals surface area contributed by atoms with Gasteiger partial charge in [-0.3, -0.25) is 14.5 Å². The van der Waals surface area contributed by atoms with Crippen LogP contribution in [0.3, 0.4) is 0 Å². The van der Waals surface area contributed by atoms with Gasteiger partial charge in [-0.1, -0.05) is 11.6 Å². The molecule has 1 aromatic rings. The average Bonchev–Trinajstić information content (AvgIpc) is 2.63. The van der Waals surface area contributed by atoms with E-state index < -0.39 is 0 Å². The summed E-state index contributed by atoms with van der Waals surface area (Å²) >= 11 is 5.82. The van der Waals surface area contributed by atoms with Crippen molar-refractivity contribution in [3.63, 3.8) is 0 Å². The Bertz CT molecular complexity index is 612. The summed E-state index contributed by atoms with van der Waals surface area (Å²) in [4.78, 5) is 30.3. The van der Waals surface area contributed by atoms with E-state index in [9.17, 15) is 9.59 Å². The van der Waals surface area contributed by atoms with E-state index in [0.29, 0.717) is 29.1 Å². The van der Waals surface area contributed by atoms with Crippen LogP contribution in [0, 0.1) is 11.8 Å². The van der Waals surface area contributed by atoms with Crippen molar-refractivity contribution in [2.75, 3.05) is 25.0 Å². The van der Waals surface area contributed by atoms with Crippen LogP contribution in [0.25, 0.3) is 0 Å². The quantitative estimate of drug-likeness (QED) is 0.859. The van der Waals surface area contributed by atoms with Gasteiger partial charge < -0.3 is 10.6 Å². The maximum atomic E-state index is 12.5. The van der Waals surface area contributed by atoms with Gasteiger partial charge in [0.25, 0.3) is 0 Å². The maximum absolute atomic E-state index is 12.5. The topological polar surface area (TPSA) is 74.3 Å². The Kier molecular flexibility index (Phi) is 5.91. The average molecular weight is 365 g/mol. The fourth-order valence-corrected chi connectivity index (χ4v) is 3.89. The number of carbonyl (C=O) groups excluding carboxylic acids is 2. The molecule has 2 saturated heterocycles. The first-order chi connectivity index (χ1) is 12.0. The predicted octanol–water partition coefficient (Wildman–Crippen LogP) is 2.30. The third-order valence-corrected chi connectivity index (χ3v) is 5.59. The molecule has 3 heterocycles. The summed E-state index contributed by atoms with van der Waals surface area (Å²) in [5.74, 6) is 1.69. The molecule has 25 heavy (non-hydrogen) atoms.